The lowest BCUT2D eigenvalue weighted by atomic mass is 9.87. The number of ether oxygens (including phenoxy) is 1. The summed E-state index contributed by atoms with van der Waals surface area (Å²) in [6, 6.07) is 24.7. The molecule has 0 spiro atoms. The molecule has 4 rings (SSSR count). The van der Waals surface area contributed by atoms with Crippen LogP contribution in [0.5, 0.6) is 5.75 Å². The Morgan fingerprint density at radius 3 is 2.09 bits per heavy atom. The van der Waals surface area contributed by atoms with Crippen LogP contribution in [0.25, 0.3) is 5.57 Å². The molecule has 0 radical (unpaired) electrons. The Bertz CT molecular complexity index is 1210. The summed E-state index contributed by atoms with van der Waals surface area (Å²) >= 11 is 0. The molecular formula is C28H28N2O3. The van der Waals surface area contributed by atoms with Crippen molar-refractivity contribution in [2.45, 2.75) is 32.7 Å². The summed E-state index contributed by atoms with van der Waals surface area (Å²) in [6.07, 6.45) is 0. The number of rotatable bonds is 6. The second-order valence-electron chi connectivity index (χ2n) is 9.08. The Kier molecular flexibility index (Phi) is 6.05. The number of hydrogen-bond acceptors (Lipinski definition) is 4. The Balaban J connectivity index is 1.75. The molecule has 0 aromatic heterocycles. The standard InChI is InChI=1S/C28H28N2O3/c1-28(2,3)20-14-16-21(17-15-20)29-25-24(22-12-8-9-13-23(22)33-4)26(31)30(27(25)32)18-19-10-6-5-7-11-19/h5-17,29H,18H2,1-4H3. The average molecular weight is 441 g/mol. The van der Waals surface area contributed by atoms with Crippen LogP contribution in [0.15, 0.2) is 84.6 Å². The number of benzene rings is 3. The molecule has 5 heteroatoms. The van der Waals surface area contributed by atoms with Gasteiger partial charge in [0, 0.05) is 11.3 Å². The molecule has 1 aliphatic heterocycles. The summed E-state index contributed by atoms with van der Waals surface area (Å²) in [5.41, 5.74) is 3.99. The number of methoxy groups -OCH3 is 1. The molecular weight excluding hydrogens is 412 g/mol. The van der Waals surface area contributed by atoms with Gasteiger partial charge < -0.3 is 10.1 Å². The van der Waals surface area contributed by atoms with Gasteiger partial charge in [0.25, 0.3) is 11.8 Å². The molecule has 0 fully saturated rings. The smallest absolute Gasteiger partial charge is 0.278 e. The lowest BCUT2D eigenvalue weighted by Gasteiger charge is -2.19. The summed E-state index contributed by atoms with van der Waals surface area (Å²) in [4.78, 5) is 28.3. The Morgan fingerprint density at radius 1 is 0.818 bits per heavy atom. The molecule has 0 saturated heterocycles. The lowest BCUT2D eigenvalue weighted by Crippen LogP contribution is -2.32. The number of para-hydroxylation sites is 1. The fraction of sp³-hybridized carbons (Fsp3) is 0.214. The maximum absolute atomic E-state index is 13.5. The van der Waals surface area contributed by atoms with E-state index >= 15 is 0 Å². The summed E-state index contributed by atoms with van der Waals surface area (Å²) in [5.74, 6) is -0.163. The van der Waals surface area contributed by atoms with Crippen LogP contribution in [0.2, 0.25) is 0 Å². The van der Waals surface area contributed by atoms with Crippen molar-refractivity contribution in [3.8, 4) is 5.75 Å². The molecule has 3 aromatic carbocycles. The van der Waals surface area contributed by atoms with E-state index in [0.29, 0.717) is 16.9 Å². The lowest BCUT2D eigenvalue weighted by molar-refractivity contribution is -0.137. The van der Waals surface area contributed by atoms with E-state index in [-0.39, 0.29) is 29.5 Å². The van der Waals surface area contributed by atoms with Gasteiger partial charge in [-0.3, -0.25) is 14.5 Å². The van der Waals surface area contributed by atoms with Crippen molar-refractivity contribution in [3.05, 3.63) is 101 Å². The predicted octanol–water partition coefficient (Wildman–Crippen LogP) is 5.38. The third-order valence-corrected chi connectivity index (χ3v) is 5.75. The minimum Gasteiger partial charge on any atom is -0.496 e. The number of nitrogens with one attached hydrogen (secondary N) is 1. The van der Waals surface area contributed by atoms with Crippen LogP contribution in [0.1, 0.15) is 37.5 Å². The van der Waals surface area contributed by atoms with Crippen LogP contribution in [-0.4, -0.2) is 23.8 Å². The normalized spacial score (nSPS) is 14.1. The van der Waals surface area contributed by atoms with Crippen molar-refractivity contribution in [2.75, 3.05) is 12.4 Å². The zero-order valence-corrected chi connectivity index (χ0v) is 19.4. The highest BCUT2D eigenvalue weighted by atomic mass is 16.5. The zero-order chi connectivity index (χ0) is 23.6. The Labute approximate surface area is 194 Å². The average Bonchev–Trinajstić information content (AvgIpc) is 3.03. The van der Waals surface area contributed by atoms with Crippen molar-refractivity contribution in [1.29, 1.82) is 0 Å². The highest BCUT2D eigenvalue weighted by molar-refractivity contribution is 6.36. The van der Waals surface area contributed by atoms with Gasteiger partial charge in [0.1, 0.15) is 11.4 Å². The molecule has 1 N–H and O–H groups in total. The number of carbonyl (C=O) groups excluding carboxylic acids is 2. The summed E-state index contributed by atoms with van der Waals surface area (Å²) < 4.78 is 5.50. The second-order valence-corrected chi connectivity index (χ2v) is 9.08. The van der Waals surface area contributed by atoms with E-state index in [9.17, 15) is 9.59 Å². The van der Waals surface area contributed by atoms with E-state index in [2.05, 4.69) is 26.1 Å². The largest absolute Gasteiger partial charge is 0.496 e. The van der Waals surface area contributed by atoms with Crippen LogP contribution in [-0.2, 0) is 21.5 Å². The van der Waals surface area contributed by atoms with E-state index in [4.69, 9.17) is 4.74 Å². The number of carbonyl (C=O) groups is 2. The van der Waals surface area contributed by atoms with Crippen molar-refractivity contribution in [1.82, 2.24) is 4.90 Å². The van der Waals surface area contributed by atoms with Crippen LogP contribution < -0.4 is 10.1 Å². The monoisotopic (exact) mass is 440 g/mol. The van der Waals surface area contributed by atoms with Crippen LogP contribution in [0.3, 0.4) is 0 Å². The van der Waals surface area contributed by atoms with Gasteiger partial charge in [0.2, 0.25) is 0 Å². The molecule has 2 amide bonds. The number of nitrogens with zero attached hydrogens (tertiary/aromatic N) is 1. The molecule has 33 heavy (non-hydrogen) atoms. The first-order chi connectivity index (χ1) is 15.8. The number of imide groups is 1. The highest BCUT2D eigenvalue weighted by Crippen LogP contribution is 2.36. The van der Waals surface area contributed by atoms with Crippen molar-refractivity contribution in [2.24, 2.45) is 0 Å². The first kappa shape index (κ1) is 22.3. The minimum atomic E-state index is -0.357. The first-order valence-electron chi connectivity index (χ1n) is 10.9. The van der Waals surface area contributed by atoms with E-state index in [0.717, 1.165) is 11.3 Å². The fourth-order valence-corrected chi connectivity index (χ4v) is 3.90. The topological polar surface area (TPSA) is 58.6 Å². The van der Waals surface area contributed by atoms with Crippen LogP contribution in [0, 0.1) is 0 Å². The quantitative estimate of drug-likeness (QED) is 0.523. The molecule has 5 nitrogen and oxygen atoms in total. The zero-order valence-electron chi connectivity index (χ0n) is 19.4. The molecule has 0 atom stereocenters. The van der Waals surface area contributed by atoms with Crippen molar-refractivity contribution < 1.29 is 14.3 Å². The molecule has 0 unspecified atom stereocenters. The predicted molar refractivity (Wildman–Crippen MR) is 131 cm³/mol. The van der Waals surface area contributed by atoms with Gasteiger partial charge in [-0.05, 0) is 34.7 Å². The second kappa shape index (κ2) is 8.94. The number of amides is 2. The summed E-state index contributed by atoms with van der Waals surface area (Å²) in [5, 5.41) is 3.23. The molecule has 1 heterocycles. The maximum Gasteiger partial charge on any atom is 0.278 e. The maximum atomic E-state index is 13.5. The third kappa shape index (κ3) is 4.53. The molecule has 0 bridgehead atoms. The Morgan fingerprint density at radius 2 is 1.45 bits per heavy atom. The van der Waals surface area contributed by atoms with Crippen molar-refractivity contribution in [3.63, 3.8) is 0 Å². The molecule has 1 aliphatic rings. The molecule has 0 saturated carbocycles. The SMILES string of the molecule is COc1ccccc1C1=C(Nc2ccc(C(C)(C)C)cc2)C(=O)N(Cc2ccccc2)C1=O. The Hall–Kier alpha value is -3.86. The molecule has 168 valence electrons. The van der Waals surface area contributed by atoms with Crippen LogP contribution >= 0.6 is 0 Å². The molecule has 0 aliphatic carbocycles. The van der Waals surface area contributed by atoms with Crippen molar-refractivity contribution >= 4 is 23.1 Å². The fourth-order valence-electron chi connectivity index (χ4n) is 3.90. The van der Waals surface area contributed by atoms with Gasteiger partial charge >= 0.3 is 0 Å². The van der Waals surface area contributed by atoms with Gasteiger partial charge in [0.15, 0.2) is 0 Å². The highest BCUT2D eigenvalue weighted by Gasteiger charge is 2.40. The summed E-state index contributed by atoms with van der Waals surface area (Å²) in [6.45, 7) is 6.65. The van der Waals surface area contributed by atoms with Gasteiger partial charge in [-0.1, -0.05) is 81.4 Å². The molecule has 3 aromatic rings. The van der Waals surface area contributed by atoms with E-state index in [1.165, 1.54) is 10.5 Å². The van der Waals surface area contributed by atoms with Crippen LogP contribution in [0.4, 0.5) is 5.69 Å². The van der Waals surface area contributed by atoms with Gasteiger partial charge in [-0.15, -0.1) is 0 Å². The van der Waals surface area contributed by atoms with Gasteiger partial charge in [0.05, 0.1) is 19.2 Å². The van der Waals surface area contributed by atoms with Gasteiger partial charge in [-0.2, -0.15) is 0 Å². The number of anilines is 1. The summed E-state index contributed by atoms with van der Waals surface area (Å²) in [7, 11) is 1.56. The number of hydrogen-bond donors (Lipinski definition) is 1. The van der Waals surface area contributed by atoms with Gasteiger partial charge in [-0.25, -0.2) is 0 Å². The third-order valence-electron chi connectivity index (χ3n) is 5.75. The first-order valence-corrected chi connectivity index (χ1v) is 10.9. The van der Waals surface area contributed by atoms with E-state index in [1.54, 1.807) is 19.2 Å². The minimum absolute atomic E-state index is 0.0198. The van der Waals surface area contributed by atoms with E-state index < -0.39 is 0 Å². The van der Waals surface area contributed by atoms with E-state index in [1.807, 2.05) is 66.7 Å².